The summed E-state index contributed by atoms with van der Waals surface area (Å²) in [4.78, 5) is 0. The molecule has 5 heteroatoms. The van der Waals surface area contributed by atoms with Gasteiger partial charge in [0.2, 0.25) is 0 Å². The Hall–Kier alpha value is -2.01. The third kappa shape index (κ3) is 3.60. The van der Waals surface area contributed by atoms with Crippen molar-refractivity contribution in [1.29, 1.82) is 0 Å². The molecule has 0 saturated heterocycles. The summed E-state index contributed by atoms with van der Waals surface area (Å²) in [6.45, 7) is 6.17. The first-order valence-corrected chi connectivity index (χ1v) is 7.67. The summed E-state index contributed by atoms with van der Waals surface area (Å²) in [5.41, 5.74) is 3.32. The fourth-order valence-corrected chi connectivity index (χ4v) is 2.36. The van der Waals surface area contributed by atoms with Crippen molar-refractivity contribution < 1.29 is 9.47 Å². The van der Waals surface area contributed by atoms with Crippen molar-refractivity contribution >= 4 is 0 Å². The first-order chi connectivity index (χ1) is 10.7. The summed E-state index contributed by atoms with van der Waals surface area (Å²) in [6.07, 6.45) is 4.32. The Morgan fingerprint density at radius 2 is 1.95 bits per heavy atom. The molecular formula is C17H25N3O2. The van der Waals surface area contributed by atoms with Crippen LogP contribution >= 0.6 is 0 Å². The Bertz CT molecular complexity index is 608. The van der Waals surface area contributed by atoms with Crippen molar-refractivity contribution in [2.75, 3.05) is 20.8 Å². The second kappa shape index (κ2) is 7.84. The van der Waals surface area contributed by atoms with Gasteiger partial charge in [0.25, 0.3) is 0 Å². The Morgan fingerprint density at radius 3 is 2.64 bits per heavy atom. The van der Waals surface area contributed by atoms with Crippen molar-refractivity contribution in [1.82, 2.24) is 15.1 Å². The number of hydrogen-bond acceptors (Lipinski definition) is 4. The molecule has 0 bridgehead atoms. The molecule has 0 atom stereocenters. The summed E-state index contributed by atoms with van der Waals surface area (Å²) < 4.78 is 12.6. The molecule has 1 heterocycles. The van der Waals surface area contributed by atoms with Crippen molar-refractivity contribution in [2.24, 2.45) is 0 Å². The van der Waals surface area contributed by atoms with Crippen LogP contribution in [0.5, 0.6) is 11.5 Å². The number of ether oxygens (including phenoxy) is 2. The second-order valence-electron chi connectivity index (χ2n) is 5.24. The number of hydrogen-bond donors (Lipinski definition) is 1. The van der Waals surface area contributed by atoms with E-state index in [-0.39, 0.29) is 0 Å². The molecule has 0 unspecified atom stereocenters. The van der Waals surface area contributed by atoms with E-state index >= 15 is 0 Å². The lowest BCUT2D eigenvalue weighted by Crippen LogP contribution is -2.14. The highest BCUT2D eigenvalue weighted by molar-refractivity contribution is 5.49. The SMILES string of the molecule is CCCCNCc1cnn(-c2ccc(OC)c(OC)c2)c1C. The van der Waals surface area contributed by atoms with Crippen molar-refractivity contribution in [3.05, 3.63) is 35.7 Å². The Kier molecular flexibility index (Phi) is 5.83. The lowest BCUT2D eigenvalue weighted by molar-refractivity contribution is 0.354. The van der Waals surface area contributed by atoms with Crippen LogP contribution in [0.1, 0.15) is 31.0 Å². The third-order valence-corrected chi connectivity index (χ3v) is 3.75. The summed E-state index contributed by atoms with van der Waals surface area (Å²) in [7, 11) is 3.28. The van der Waals surface area contributed by atoms with Crippen molar-refractivity contribution in [2.45, 2.75) is 33.2 Å². The largest absolute Gasteiger partial charge is 0.493 e. The van der Waals surface area contributed by atoms with Crippen LogP contribution in [-0.2, 0) is 6.54 Å². The van der Waals surface area contributed by atoms with E-state index in [0.29, 0.717) is 5.75 Å². The highest BCUT2D eigenvalue weighted by Crippen LogP contribution is 2.29. The number of aromatic nitrogens is 2. The molecule has 1 aromatic heterocycles. The van der Waals surface area contributed by atoms with Gasteiger partial charge in [0.05, 0.1) is 26.1 Å². The van der Waals surface area contributed by atoms with Crippen LogP contribution in [0.25, 0.3) is 5.69 Å². The zero-order chi connectivity index (χ0) is 15.9. The fraction of sp³-hybridized carbons (Fsp3) is 0.471. The first kappa shape index (κ1) is 16.4. The van der Waals surface area contributed by atoms with E-state index in [0.717, 1.165) is 30.2 Å². The Balaban J connectivity index is 2.17. The molecule has 0 aliphatic carbocycles. The molecule has 0 spiro atoms. The van der Waals surface area contributed by atoms with Gasteiger partial charge in [-0.2, -0.15) is 5.10 Å². The van der Waals surface area contributed by atoms with E-state index in [1.54, 1.807) is 14.2 Å². The van der Waals surface area contributed by atoms with Gasteiger partial charge in [0.1, 0.15) is 0 Å². The molecule has 0 amide bonds. The van der Waals surface area contributed by atoms with Crippen LogP contribution in [0, 0.1) is 6.92 Å². The van der Waals surface area contributed by atoms with E-state index in [9.17, 15) is 0 Å². The maximum atomic E-state index is 5.36. The smallest absolute Gasteiger partial charge is 0.162 e. The Morgan fingerprint density at radius 1 is 1.18 bits per heavy atom. The minimum Gasteiger partial charge on any atom is -0.493 e. The lowest BCUT2D eigenvalue weighted by atomic mass is 10.2. The van der Waals surface area contributed by atoms with Gasteiger partial charge in [-0.15, -0.1) is 0 Å². The molecule has 5 nitrogen and oxygen atoms in total. The zero-order valence-electron chi connectivity index (χ0n) is 13.8. The van der Waals surface area contributed by atoms with Crippen LogP contribution in [0.3, 0.4) is 0 Å². The van der Waals surface area contributed by atoms with Crippen LogP contribution in [-0.4, -0.2) is 30.5 Å². The summed E-state index contributed by atoms with van der Waals surface area (Å²) in [5, 5.41) is 7.95. The van der Waals surface area contributed by atoms with Gasteiger partial charge in [0.15, 0.2) is 11.5 Å². The number of nitrogens with one attached hydrogen (secondary N) is 1. The Labute approximate surface area is 132 Å². The summed E-state index contributed by atoms with van der Waals surface area (Å²) in [6, 6.07) is 5.82. The standard InChI is InChI=1S/C17H25N3O2/c1-5-6-9-18-11-14-12-19-20(13(14)2)15-7-8-16(21-3)17(10-15)22-4/h7-8,10,12,18H,5-6,9,11H2,1-4H3. The minimum atomic E-state index is 0.706. The summed E-state index contributed by atoms with van der Waals surface area (Å²) >= 11 is 0. The van der Waals surface area contributed by atoms with Gasteiger partial charge in [0, 0.05) is 23.9 Å². The highest BCUT2D eigenvalue weighted by atomic mass is 16.5. The molecule has 2 rings (SSSR count). The van der Waals surface area contributed by atoms with Crippen LogP contribution in [0.15, 0.2) is 24.4 Å². The molecule has 0 saturated carbocycles. The van der Waals surface area contributed by atoms with Crippen molar-refractivity contribution in [3.63, 3.8) is 0 Å². The van der Waals surface area contributed by atoms with Gasteiger partial charge in [-0.3, -0.25) is 0 Å². The maximum Gasteiger partial charge on any atom is 0.162 e. The van der Waals surface area contributed by atoms with E-state index < -0.39 is 0 Å². The molecule has 120 valence electrons. The normalized spacial score (nSPS) is 10.7. The maximum absolute atomic E-state index is 5.36. The van der Waals surface area contributed by atoms with Gasteiger partial charge in [-0.05, 0) is 32.0 Å². The molecule has 0 radical (unpaired) electrons. The van der Waals surface area contributed by atoms with Crippen LogP contribution in [0.4, 0.5) is 0 Å². The number of benzene rings is 1. The quantitative estimate of drug-likeness (QED) is 0.761. The van der Waals surface area contributed by atoms with Gasteiger partial charge in [-0.25, -0.2) is 4.68 Å². The molecule has 1 N–H and O–H groups in total. The van der Waals surface area contributed by atoms with E-state index in [2.05, 4.69) is 24.3 Å². The number of methoxy groups -OCH3 is 2. The van der Waals surface area contributed by atoms with E-state index in [1.807, 2.05) is 29.1 Å². The van der Waals surface area contributed by atoms with Crippen LogP contribution in [0.2, 0.25) is 0 Å². The number of rotatable bonds is 8. The number of unbranched alkanes of at least 4 members (excludes halogenated alkanes) is 1. The average Bonchev–Trinajstić information content (AvgIpc) is 2.92. The monoisotopic (exact) mass is 303 g/mol. The lowest BCUT2D eigenvalue weighted by Gasteiger charge is -2.11. The van der Waals surface area contributed by atoms with Gasteiger partial charge < -0.3 is 14.8 Å². The zero-order valence-corrected chi connectivity index (χ0v) is 13.8. The predicted octanol–water partition coefficient (Wildman–Crippen LogP) is 3.09. The predicted molar refractivity (Wildman–Crippen MR) is 88.0 cm³/mol. The van der Waals surface area contributed by atoms with E-state index in [4.69, 9.17) is 9.47 Å². The van der Waals surface area contributed by atoms with Gasteiger partial charge in [-0.1, -0.05) is 13.3 Å². The van der Waals surface area contributed by atoms with Gasteiger partial charge >= 0.3 is 0 Å². The topological polar surface area (TPSA) is 48.3 Å². The van der Waals surface area contributed by atoms with Crippen LogP contribution < -0.4 is 14.8 Å². The minimum absolute atomic E-state index is 0.706. The summed E-state index contributed by atoms with van der Waals surface area (Å²) in [5.74, 6) is 1.43. The second-order valence-corrected chi connectivity index (χ2v) is 5.24. The first-order valence-electron chi connectivity index (χ1n) is 7.67. The van der Waals surface area contributed by atoms with E-state index in [1.165, 1.54) is 18.4 Å². The molecule has 22 heavy (non-hydrogen) atoms. The fourth-order valence-electron chi connectivity index (χ4n) is 2.36. The molecule has 0 aliphatic rings. The molecular weight excluding hydrogens is 278 g/mol. The average molecular weight is 303 g/mol. The molecule has 1 aromatic carbocycles. The number of nitrogens with zero attached hydrogens (tertiary/aromatic N) is 2. The molecule has 2 aromatic rings. The third-order valence-electron chi connectivity index (χ3n) is 3.75. The molecule has 0 aliphatic heterocycles. The highest BCUT2D eigenvalue weighted by Gasteiger charge is 2.11. The van der Waals surface area contributed by atoms with Crippen molar-refractivity contribution in [3.8, 4) is 17.2 Å². The molecule has 0 fully saturated rings.